The van der Waals surface area contributed by atoms with Crippen molar-refractivity contribution in [3.05, 3.63) is 59.1 Å². The Morgan fingerprint density at radius 1 is 1.00 bits per heavy atom. The highest BCUT2D eigenvalue weighted by molar-refractivity contribution is 6.30. The molecule has 138 valence electrons. The van der Waals surface area contributed by atoms with Gasteiger partial charge in [0, 0.05) is 48.6 Å². The minimum Gasteiger partial charge on any atom is -0.369 e. The molecular weight excluding hydrogens is 346 g/mol. The van der Waals surface area contributed by atoms with Crippen molar-refractivity contribution in [2.45, 2.75) is 26.3 Å². The second kappa shape index (κ2) is 8.56. The minimum absolute atomic E-state index is 0.0226. The summed E-state index contributed by atoms with van der Waals surface area (Å²) < 4.78 is 0. The first kappa shape index (κ1) is 18.7. The summed E-state index contributed by atoms with van der Waals surface area (Å²) in [7, 11) is 0. The fourth-order valence-corrected chi connectivity index (χ4v) is 3.37. The molecule has 0 unspecified atom stereocenters. The second-order valence-corrected chi connectivity index (χ2v) is 7.45. The Labute approximate surface area is 160 Å². The molecule has 1 heterocycles. The Morgan fingerprint density at radius 3 is 2.19 bits per heavy atom. The zero-order valence-corrected chi connectivity index (χ0v) is 16.2. The van der Waals surface area contributed by atoms with E-state index in [9.17, 15) is 4.79 Å². The molecule has 0 bridgehead atoms. The number of carbonyl (C=O) groups excluding carboxylic acids is 1. The highest BCUT2D eigenvalue weighted by atomic mass is 35.5. The number of hydrogen-bond donors (Lipinski definition) is 1. The average Bonchev–Trinajstić information content (AvgIpc) is 2.64. The standard InChI is InChI=1S/C21H26ClN3O/c1-16(2)24-11-13-25(14-12-24)20-9-7-19(8-10-20)23-21(26)15-17-3-5-18(22)6-4-17/h3-10,16H,11-15H2,1-2H3,(H,23,26). The van der Waals surface area contributed by atoms with Crippen LogP contribution >= 0.6 is 11.6 Å². The van der Waals surface area contributed by atoms with E-state index in [4.69, 9.17) is 11.6 Å². The first-order valence-electron chi connectivity index (χ1n) is 9.14. The van der Waals surface area contributed by atoms with Crippen LogP contribution in [0.3, 0.4) is 0 Å². The van der Waals surface area contributed by atoms with E-state index in [2.05, 4.69) is 41.1 Å². The molecule has 3 rings (SSSR count). The van der Waals surface area contributed by atoms with Crippen LogP contribution in [0, 0.1) is 0 Å². The molecule has 2 aromatic rings. The molecule has 1 aliphatic heterocycles. The summed E-state index contributed by atoms with van der Waals surface area (Å²) in [4.78, 5) is 17.1. The summed E-state index contributed by atoms with van der Waals surface area (Å²) in [6.07, 6.45) is 0.343. The topological polar surface area (TPSA) is 35.6 Å². The van der Waals surface area contributed by atoms with E-state index in [1.807, 2.05) is 24.3 Å². The quantitative estimate of drug-likeness (QED) is 0.861. The first-order chi connectivity index (χ1) is 12.5. The third kappa shape index (κ3) is 4.99. The number of nitrogens with zero attached hydrogens (tertiary/aromatic N) is 2. The van der Waals surface area contributed by atoms with Crippen LogP contribution in [0.5, 0.6) is 0 Å². The minimum atomic E-state index is -0.0226. The molecule has 0 aromatic heterocycles. The van der Waals surface area contributed by atoms with Crippen LogP contribution in [0.2, 0.25) is 5.02 Å². The number of anilines is 2. The van der Waals surface area contributed by atoms with Crippen molar-refractivity contribution in [1.82, 2.24) is 4.90 Å². The fraction of sp³-hybridized carbons (Fsp3) is 0.381. The third-order valence-corrected chi connectivity index (χ3v) is 5.09. The van der Waals surface area contributed by atoms with Gasteiger partial charge < -0.3 is 10.2 Å². The predicted molar refractivity (Wildman–Crippen MR) is 109 cm³/mol. The molecule has 0 atom stereocenters. The summed E-state index contributed by atoms with van der Waals surface area (Å²) in [6.45, 7) is 8.77. The number of carbonyl (C=O) groups is 1. The molecule has 1 aliphatic rings. The van der Waals surface area contributed by atoms with E-state index in [1.165, 1.54) is 5.69 Å². The Balaban J connectivity index is 1.53. The Hall–Kier alpha value is -2.04. The number of benzene rings is 2. The Bertz CT molecular complexity index is 720. The summed E-state index contributed by atoms with van der Waals surface area (Å²) in [5.41, 5.74) is 2.99. The number of nitrogens with one attached hydrogen (secondary N) is 1. The van der Waals surface area contributed by atoms with Crippen LogP contribution in [-0.4, -0.2) is 43.0 Å². The molecular formula is C21H26ClN3O. The van der Waals surface area contributed by atoms with E-state index in [-0.39, 0.29) is 5.91 Å². The predicted octanol–water partition coefficient (Wildman–Crippen LogP) is 4.05. The zero-order chi connectivity index (χ0) is 18.5. The van der Waals surface area contributed by atoms with Gasteiger partial charge in [0.25, 0.3) is 0 Å². The molecule has 4 nitrogen and oxygen atoms in total. The highest BCUT2D eigenvalue weighted by Gasteiger charge is 2.18. The van der Waals surface area contributed by atoms with Gasteiger partial charge in [-0.15, -0.1) is 0 Å². The van der Waals surface area contributed by atoms with Crippen molar-refractivity contribution >= 4 is 28.9 Å². The van der Waals surface area contributed by atoms with Crippen LogP contribution in [0.4, 0.5) is 11.4 Å². The number of hydrogen-bond acceptors (Lipinski definition) is 3. The van der Waals surface area contributed by atoms with Crippen LogP contribution < -0.4 is 10.2 Å². The molecule has 0 spiro atoms. The van der Waals surface area contributed by atoms with Gasteiger partial charge in [0.2, 0.25) is 5.91 Å². The summed E-state index contributed by atoms with van der Waals surface area (Å²) in [6, 6.07) is 16.1. The van der Waals surface area contributed by atoms with Gasteiger partial charge in [0.05, 0.1) is 6.42 Å². The number of halogens is 1. The van der Waals surface area contributed by atoms with Gasteiger partial charge in [-0.2, -0.15) is 0 Å². The summed E-state index contributed by atoms with van der Waals surface area (Å²) in [5.74, 6) is -0.0226. The fourth-order valence-electron chi connectivity index (χ4n) is 3.24. The summed E-state index contributed by atoms with van der Waals surface area (Å²) >= 11 is 5.87. The van der Waals surface area contributed by atoms with Gasteiger partial charge >= 0.3 is 0 Å². The van der Waals surface area contributed by atoms with Crippen molar-refractivity contribution in [2.75, 3.05) is 36.4 Å². The van der Waals surface area contributed by atoms with Gasteiger partial charge in [-0.1, -0.05) is 23.7 Å². The smallest absolute Gasteiger partial charge is 0.228 e. The van der Waals surface area contributed by atoms with Gasteiger partial charge in [-0.05, 0) is 55.8 Å². The third-order valence-electron chi connectivity index (χ3n) is 4.84. The maximum atomic E-state index is 12.2. The van der Waals surface area contributed by atoms with Crippen molar-refractivity contribution in [2.24, 2.45) is 0 Å². The lowest BCUT2D eigenvalue weighted by Gasteiger charge is -2.38. The van der Waals surface area contributed by atoms with Crippen LogP contribution in [0.25, 0.3) is 0 Å². The first-order valence-corrected chi connectivity index (χ1v) is 9.52. The zero-order valence-electron chi connectivity index (χ0n) is 15.4. The van der Waals surface area contributed by atoms with Crippen LogP contribution in [0.1, 0.15) is 19.4 Å². The van der Waals surface area contributed by atoms with Gasteiger partial charge in [-0.25, -0.2) is 0 Å². The molecule has 1 N–H and O–H groups in total. The second-order valence-electron chi connectivity index (χ2n) is 7.02. The molecule has 0 radical (unpaired) electrons. The number of piperazine rings is 1. The molecule has 0 aliphatic carbocycles. The Morgan fingerprint density at radius 2 is 1.62 bits per heavy atom. The van der Waals surface area contributed by atoms with Gasteiger partial charge in [0.15, 0.2) is 0 Å². The number of amides is 1. The molecule has 1 fully saturated rings. The van der Waals surface area contributed by atoms with Crippen molar-refractivity contribution in [1.29, 1.82) is 0 Å². The number of rotatable bonds is 5. The molecule has 2 aromatic carbocycles. The van der Waals surface area contributed by atoms with E-state index in [1.54, 1.807) is 12.1 Å². The lowest BCUT2D eigenvalue weighted by molar-refractivity contribution is -0.115. The highest BCUT2D eigenvalue weighted by Crippen LogP contribution is 2.20. The van der Waals surface area contributed by atoms with E-state index in [0.717, 1.165) is 37.4 Å². The molecule has 0 saturated carbocycles. The van der Waals surface area contributed by atoms with E-state index in [0.29, 0.717) is 17.5 Å². The lowest BCUT2D eigenvalue weighted by Crippen LogP contribution is -2.48. The lowest BCUT2D eigenvalue weighted by atomic mass is 10.1. The maximum absolute atomic E-state index is 12.2. The van der Waals surface area contributed by atoms with Crippen molar-refractivity contribution in [3.8, 4) is 0 Å². The monoisotopic (exact) mass is 371 g/mol. The summed E-state index contributed by atoms with van der Waals surface area (Å²) in [5, 5.41) is 3.64. The molecule has 5 heteroatoms. The van der Waals surface area contributed by atoms with Gasteiger partial charge in [0.1, 0.15) is 0 Å². The maximum Gasteiger partial charge on any atom is 0.228 e. The molecule has 26 heavy (non-hydrogen) atoms. The van der Waals surface area contributed by atoms with Crippen molar-refractivity contribution in [3.63, 3.8) is 0 Å². The van der Waals surface area contributed by atoms with Gasteiger partial charge in [-0.3, -0.25) is 9.69 Å². The van der Waals surface area contributed by atoms with Crippen LogP contribution in [0.15, 0.2) is 48.5 Å². The SMILES string of the molecule is CC(C)N1CCN(c2ccc(NC(=O)Cc3ccc(Cl)cc3)cc2)CC1. The van der Waals surface area contributed by atoms with E-state index < -0.39 is 0 Å². The largest absolute Gasteiger partial charge is 0.369 e. The Kier molecular flexibility index (Phi) is 6.17. The normalized spacial score (nSPS) is 15.3. The molecule has 1 amide bonds. The molecule has 1 saturated heterocycles. The average molecular weight is 372 g/mol. The van der Waals surface area contributed by atoms with E-state index >= 15 is 0 Å². The van der Waals surface area contributed by atoms with Crippen molar-refractivity contribution < 1.29 is 4.79 Å². The van der Waals surface area contributed by atoms with Crippen LogP contribution in [-0.2, 0) is 11.2 Å².